The molecule has 0 amide bonds. The molecule has 1 aromatic heterocycles. The molecule has 0 fully saturated rings. The average molecular weight is 350 g/mol. The van der Waals surface area contributed by atoms with Crippen molar-refractivity contribution in [3.05, 3.63) is 50.1 Å². The van der Waals surface area contributed by atoms with Gasteiger partial charge in [0.15, 0.2) is 0 Å². The molecule has 0 radical (unpaired) electrons. The average Bonchev–Trinajstić information content (AvgIpc) is 2.71. The minimum absolute atomic E-state index is 0.0907. The van der Waals surface area contributed by atoms with E-state index in [0.29, 0.717) is 11.0 Å². The Kier molecular flexibility index (Phi) is 4.20. The number of benzene rings is 1. The zero-order chi connectivity index (χ0) is 14.0. The van der Waals surface area contributed by atoms with Crippen LogP contribution in [0.2, 0.25) is 0 Å². The summed E-state index contributed by atoms with van der Waals surface area (Å²) in [6.45, 7) is 2.35. The van der Waals surface area contributed by atoms with Gasteiger partial charge in [-0.25, -0.2) is 0 Å². The molecule has 1 N–H and O–H groups in total. The first kappa shape index (κ1) is 14.4. The summed E-state index contributed by atoms with van der Waals surface area (Å²) in [6.07, 6.45) is -4.35. The van der Waals surface area contributed by atoms with E-state index in [0.717, 1.165) is 15.8 Å². The summed E-state index contributed by atoms with van der Waals surface area (Å²) in [5.41, 5.74) is -0.558. The first-order valence-corrected chi connectivity index (χ1v) is 7.13. The maximum absolute atomic E-state index is 12.9. The van der Waals surface area contributed by atoms with Crippen molar-refractivity contribution in [2.24, 2.45) is 0 Å². The first-order valence-electron chi connectivity index (χ1n) is 5.52. The summed E-state index contributed by atoms with van der Waals surface area (Å²) in [5.74, 6) is 0. The molecule has 19 heavy (non-hydrogen) atoms. The topological polar surface area (TPSA) is 12.0 Å². The van der Waals surface area contributed by atoms with Crippen LogP contribution in [-0.2, 0) is 12.7 Å². The van der Waals surface area contributed by atoms with Gasteiger partial charge in [-0.15, -0.1) is 11.3 Å². The van der Waals surface area contributed by atoms with E-state index >= 15 is 0 Å². The number of anilines is 1. The van der Waals surface area contributed by atoms with Gasteiger partial charge >= 0.3 is 6.18 Å². The zero-order valence-electron chi connectivity index (χ0n) is 10.0. The van der Waals surface area contributed by atoms with E-state index in [4.69, 9.17) is 0 Å². The van der Waals surface area contributed by atoms with E-state index in [2.05, 4.69) is 21.2 Å². The maximum Gasteiger partial charge on any atom is 0.418 e. The lowest BCUT2D eigenvalue weighted by Gasteiger charge is -2.14. The van der Waals surface area contributed by atoms with Gasteiger partial charge in [0.05, 0.1) is 5.56 Å². The summed E-state index contributed by atoms with van der Waals surface area (Å²) in [7, 11) is 0. The molecule has 1 aromatic carbocycles. The molecule has 0 bridgehead atoms. The van der Waals surface area contributed by atoms with Gasteiger partial charge in [-0.05, 0) is 37.3 Å². The fraction of sp³-hybridized carbons (Fsp3) is 0.231. The molecule has 0 saturated carbocycles. The molecule has 2 aromatic rings. The molecular formula is C13H11BrF3NS. The third kappa shape index (κ3) is 3.73. The monoisotopic (exact) mass is 349 g/mol. The Balaban J connectivity index is 2.21. The van der Waals surface area contributed by atoms with E-state index in [1.807, 2.05) is 19.1 Å². The number of hydrogen-bond acceptors (Lipinski definition) is 2. The highest BCUT2D eigenvalue weighted by molar-refractivity contribution is 9.10. The Hall–Kier alpha value is -1.01. The van der Waals surface area contributed by atoms with Gasteiger partial charge in [-0.1, -0.05) is 15.9 Å². The molecule has 2 rings (SSSR count). The van der Waals surface area contributed by atoms with Crippen LogP contribution >= 0.6 is 27.3 Å². The third-order valence-electron chi connectivity index (χ3n) is 2.54. The van der Waals surface area contributed by atoms with E-state index in [1.54, 1.807) is 11.3 Å². The molecule has 0 saturated heterocycles. The number of thiophene rings is 1. The zero-order valence-corrected chi connectivity index (χ0v) is 12.4. The van der Waals surface area contributed by atoms with Gasteiger partial charge in [0, 0.05) is 26.5 Å². The Morgan fingerprint density at radius 1 is 1.21 bits per heavy atom. The van der Waals surface area contributed by atoms with Crippen LogP contribution in [0.1, 0.15) is 15.3 Å². The van der Waals surface area contributed by atoms with Crippen LogP contribution in [0.25, 0.3) is 0 Å². The molecule has 0 spiro atoms. The third-order valence-corrected chi connectivity index (χ3v) is 4.03. The van der Waals surface area contributed by atoms with Gasteiger partial charge in [-0.3, -0.25) is 0 Å². The van der Waals surface area contributed by atoms with Gasteiger partial charge in [0.25, 0.3) is 0 Å². The summed E-state index contributed by atoms with van der Waals surface area (Å²) < 4.78 is 39.2. The Morgan fingerprint density at radius 3 is 2.53 bits per heavy atom. The molecule has 1 heterocycles. The predicted molar refractivity (Wildman–Crippen MR) is 75.5 cm³/mol. The number of hydrogen-bond donors (Lipinski definition) is 1. The van der Waals surface area contributed by atoms with E-state index < -0.39 is 11.7 Å². The molecule has 0 aliphatic carbocycles. The predicted octanol–water partition coefficient (Wildman–Crippen LogP) is 5.45. The lowest BCUT2D eigenvalue weighted by molar-refractivity contribution is -0.137. The van der Waals surface area contributed by atoms with Crippen molar-refractivity contribution in [1.29, 1.82) is 0 Å². The minimum Gasteiger partial charge on any atom is -0.380 e. The van der Waals surface area contributed by atoms with E-state index in [9.17, 15) is 13.2 Å². The summed E-state index contributed by atoms with van der Waals surface area (Å²) in [5, 5.41) is 2.85. The molecule has 102 valence electrons. The van der Waals surface area contributed by atoms with Crippen LogP contribution in [0.4, 0.5) is 18.9 Å². The molecule has 0 unspecified atom stereocenters. The Labute approximate surface area is 121 Å². The fourth-order valence-electron chi connectivity index (χ4n) is 1.67. The van der Waals surface area contributed by atoms with Gasteiger partial charge in [0.2, 0.25) is 0 Å². The normalized spacial score (nSPS) is 11.6. The van der Waals surface area contributed by atoms with Crippen molar-refractivity contribution in [3.8, 4) is 0 Å². The van der Waals surface area contributed by atoms with Crippen molar-refractivity contribution in [2.45, 2.75) is 19.6 Å². The fourth-order valence-corrected chi connectivity index (χ4v) is 2.86. The van der Waals surface area contributed by atoms with Crippen molar-refractivity contribution in [1.82, 2.24) is 0 Å². The highest BCUT2D eigenvalue weighted by Crippen LogP contribution is 2.36. The summed E-state index contributed by atoms with van der Waals surface area (Å²) in [4.78, 5) is 2.15. The van der Waals surface area contributed by atoms with Gasteiger partial charge in [0.1, 0.15) is 0 Å². The SMILES string of the molecule is Cc1ccc(CNc2cc(Br)ccc2C(F)(F)F)s1. The van der Waals surface area contributed by atoms with Gasteiger partial charge < -0.3 is 5.32 Å². The number of rotatable bonds is 3. The molecule has 0 aliphatic heterocycles. The summed E-state index contributed by atoms with van der Waals surface area (Å²) in [6, 6.07) is 7.78. The highest BCUT2D eigenvalue weighted by atomic mass is 79.9. The second-order valence-electron chi connectivity index (χ2n) is 4.05. The van der Waals surface area contributed by atoms with Crippen molar-refractivity contribution < 1.29 is 13.2 Å². The van der Waals surface area contributed by atoms with Crippen LogP contribution in [0.5, 0.6) is 0 Å². The number of aryl methyl sites for hydroxylation is 1. The van der Waals surface area contributed by atoms with Crippen molar-refractivity contribution in [2.75, 3.05) is 5.32 Å². The van der Waals surface area contributed by atoms with Gasteiger partial charge in [-0.2, -0.15) is 13.2 Å². The first-order chi connectivity index (χ1) is 8.86. The highest BCUT2D eigenvalue weighted by Gasteiger charge is 2.33. The minimum atomic E-state index is -4.35. The Bertz CT molecular complexity index is 578. The largest absolute Gasteiger partial charge is 0.418 e. The number of nitrogens with one attached hydrogen (secondary N) is 1. The van der Waals surface area contributed by atoms with Crippen molar-refractivity contribution in [3.63, 3.8) is 0 Å². The van der Waals surface area contributed by atoms with Crippen LogP contribution in [0.3, 0.4) is 0 Å². The molecule has 0 aliphatic rings. The number of halogens is 4. The lowest BCUT2D eigenvalue weighted by Crippen LogP contribution is -2.10. The van der Waals surface area contributed by atoms with Crippen LogP contribution in [0, 0.1) is 6.92 Å². The molecular weight excluding hydrogens is 339 g/mol. The molecule has 1 nitrogen and oxygen atoms in total. The van der Waals surface area contributed by atoms with E-state index in [1.165, 1.54) is 12.1 Å². The van der Waals surface area contributed by atoms with Crippen LogP contribution in [-0.4, -0.2) is 0 Å². The molecule has 0 atom stereocenters. The smallest absolute Gasteiger partial charge is 0.380 e. The lowest BCUT2D eigenvalue weighted by atomic mass is 10.1. The number of alkyl halides is 3. The van der Waals surface area contributed by atoms with E-state index in [-0.39, 0.29) is 5.69 Å². The molecule has 6 heteroatoms. The summed E-state index contributed by atoms with van der Waals surface area (Å²) >= 11 is 4.76. The Morgan fingerprint density at radius 2 is 1.95 bits per heavy atom. The van der Waals surface area contributed by atoms with Crippen molar-refractivity contribution >= 4 is 33.0 Å². The quantitative estimate of drug-likeness (QED) is 0.776. The maximum atomic E-state index is 12.9. The second-order valence-corrected chi connectivity index (χ2v) is 6.34. The standard InChI is InChI=1S/C13H11BrF3NS/c1-8-2-4-10(19-8)7-18-12-6-9(14)3-5-11(12)13(15,16)17/h2-6,18H,7H2,1H3. The van der Waals surface area contributed by atoms with Crippen LogP contribution < -0.4 is 5.32 Å². The second kappa shape index (κ2) is 5.54. The van der Waals surface area contributed by atoms with Crippen LogP contribution in [0.15, 0.2) is 34.8 Å².